The van der Waals surface area contributed by atoms with Crippen LogP contribution in [0.1, 0.15) is 32.8 Å². The Morgan fingerprint density at radius 2 is 2.10 bits per heavy atom. The highest BCUT2D eigenvalue weighted by Gasteiger charge is 2.16. The summed E-state index contributed by atoms with van der Waals surface area (Å²) in [6.07, 6.45) is 0.533. The Labute approximate surface area is 119 Å². The zero-order valence-corrected chi connectivity index (χ0v) is 12.3. The molecule has 0 atom stereocenters. The molecule has 0 aliphatic rings. The van der Waals surface area contributed by atoms with Crippen molar-refractivity contribution >= 4 is 11.8 Å². The fourth-order valence-electron chi connectivity index (χ4n) is 1.64. The molecule has 1 N–H and O–H groups in total. The van der Waals surface area contributed by atoms with E-state index in [1.54, 1.807) is 40.0 Å². The Morgan fingerprint density at radius 1 is 1.40 bits per heavy atom. The molecular weight excluding hydrogens is 256 g/mol. The van der Waals surface area contributed by atoms with E-state index in [2.05, 4.69) is 11.4 Å². The minimum absolute atomic E-state index is 0.426. The summed E-state index contributed by atoms with van der Waals surface area (Å²) in [4.78, 5) is 11.7. The summed E-state index contributed by atoms with van der Waals surface area (Å²) < 4.78 is 10.4. The van der Waals surface area contributed by atoms with Crippen molar-refractivity contribution in [2.75, 3.05) is 12.4 Å². The number of ether oxygens (including phenoxy) is 2. The van der Waals surface area contributed by atoms with Crippen molar-refractivity contribution in [3.63, 3.8) is 0 Å². The number of hydrogen-bond donors (Lipinski definition) is 1. The van der Waals surface area contributed by atoms with E-state index in [0.29, 0.717) is 24.3 Å². The summed E-state index contributed by atoms with van der Waals surface area (Å²) in [5, 5.41) is 11.3. The first-order valence-electron chi connectivity index (χ1n) is 6.39. The predicted octanol–water partition coefficient (Wildman–Crippen LogP) is 3.50. The molecule has 0 aliphatic carbocycles. The molecule has 0 aromatic heterocycles. The second-order valence-corrected chi connectivity index (χ2v) is 5.31. The van der Waals surface area contributed by atoms with Crippen molar-refractivity contribution in [3.05, 3.63) is 23.8 Å². The van der Waals surface area contributed by atoms with Gasteiger partial charge in [0.05, 0.1) is 13.2 Å². The molecule has 0 heterocycles. The predicted molar refractivity (Wildman–Crippen MR) is 76.8 cm³/mol. The molecule has 20 heavy (non-hydrogen) atoms. The molecule has 0 saturated heterocycles. The second-order valence-electron chi connectivity index (χ2n) is 5.31. The average Bonchev–Trinajstić information content (AvgIpc) is 2.34. The van der Waals surface area contributed by atoms with Crippen LogP contribution in [0.3, 0.4) is 0 Å². The molecule has 5 heteroatoms. The van der Waals surface area contributed by atoms with Gasteiger partial charge in [0.2, 0.25) is 0 Å². The van der Waals surface area contributed by atoms with Gasteiger partial charge in [-0.2, -0.15) is 5.26 Å². The Balaban J connectivity index is 2.78. The maximum Gasteiger partial charge on any atom is 0.412 e. The van der Waals surface area contributed by atoms with Gasteiger partial charge in [-0.3, -0.25) is 5.32 Å². The molecule has 0 unspecified atom stereocenters. The number of hydrogen-bond acceptors (Lipinski definition) is 4. The molecule has 108 valence electrons. The van der Waals surface area contributed by atoms with E-state index in [0.717, 1.165) is 5.56 Å². The third-order valence-corrected chi connectivity index (χ3v) is 2.44. The van der Waals surface area contributed by atoms with Crippen LogP contribution >= 0.6 is 0 Å². The van der Waals surface area contributed by atoms with E-state index in [1.165, 1.54) is 0 Å². The summed E-state index contributed by atoms with van der Waals surface area (Å²) in [5.41, 5.74) is 0.988. The number of carbonyl (C=O) groups excluding carboxylic acids is 1. The summed E-state index contributed by atoms with van der Waals surface area (Å²) >= 11 is 0. The van der Waals surface area contributed by atoms with Crippen molar-refractivity contribution < 1.29 is 14.3 Å². The van der Waals surface area contributed by atoms with Gasteiger partial charge in [-0.25, -0.2) is 4.79 Å². The van der Waals surface area contributed by atoms with Crippen LogP contribution in [0.5, 0.6) is 5.75 Å². The minimum atomic E-state index is -0.541. The molecule has 5 nitrogen and oxygen atoms in total. The number of carbonyl (C=O) groups is 1. The monoisotopic (exact) mass is 276 g/mol. The van der Waals surface area contributed by atoms with E-state index in [4.69, 9.17) is 14.7 Å². The highest BCUT2D eigenvalue weighted by atomic mass is 16.6. The van der Waals surface area contributed by atoms with Gasteiger partial charge in [-0.1, -0.05) is 6.07 Å². The topological polar surface area (TPSA) is 71.3 Å². The molecule has 1 amide bonds. The molecule has 0 radical (unpaired) electrons. The van der Waals surface area contributed by atoms with Crippen LogP contribution in [0.2, 0.25) is 0 Å². The van der Waals surface area contributed by atoms with Gasteiger partial charge in [-0.15, -0.1) is 0 Å². The molecule has 1 aromatic carbocycles. The van der Waals surface area contributed by atoms with Crippen LogP contribution in [0.25, 0.3) is 0 Å². The molecule has 0 bridgehead atoms. The summed E-state index contributed by atoms with van der Waals surface area (Å²) in [5.74, 6) is 0.647. The van der Waals surface area contributed by atoms with E-state index in [-0.39, 0.29) is 0 Å². The third kappa shape index (κ3) is 5.19. The number of aryl methyl sites for hydroxylation is 1. The SMILES string of the molecule is COc1cc(NC(=O)OC(C)(C)C)ccc1CCC#N. The summed E-state index contributed by atoms with van der Waals surface area (Å²) in [7, 11) is 1.56. The number of benzene rings is 1. The average molecular weight is 276 g/mol. The Kier molecular flexibility index (Phi) is 5.39. The normalized spacial score (nSPS) is 10.6. The minimum Gasteiger partial charge on any atom is -0.496 e. The first kappa shape index (κ1) is 15.8. The van der Waals surface area contributed by atoms with E-state index < -0.39 is 11.7 Å². The molecule has 0 spiro atoms. The van der Waals surface area contributed by atoms with Gasteiger partial charge in [0, 0.05) is 18.2 Å². The third-order valence-electron chi connectivity index (χ3n) is 2.44. The maximum absolute atomic E-state index is 11.7. The lowest BCUT2D eigenvalue weighted by atomic mass is 10.1. The number of nitrogens with zero attached hydrogens (tertiary/aromatic N) is 1. The van der Waals surface area contributed by atoms with Crippen molar-refractivity contribution in [2.45, 2.75) is 39.2 Å². The van der Waals surface area contributed by atoms with E-state index in [9.17, 15) is 4.79 Å². The Hall–Kier alpha value is -2.22. The van der Waals surface area contributed by atoms with Crippen LogP contribution in [0.4, 0.5) is 10.5 Å². The van der Waals surface area contributed by atoms with Crippen molar-refractivity contribution in [1.82, 2.24) is 0 Å². The van der Waals surface area contributed by atoms with Crippen LogP contribution < -0.4 is 10.1 Å². The summed E-state index contributed by atoms with van der Waals surface area (Å²) in [6.45, 7) is 5.41. The largest absolute Gasteiger partial charge is 0.496 e. The van der Waals surface area contributed by atoms with Crippen LogP contribution in [-0.4, -0.2) is 18.8 Å². The van der Waals surface area contributed by atoms with Crippen LogP contribution in [0, 0.1) is 11.3 Å². The molecular formula is C15H20N2O3. The van der Waals surface area contributed by atoms with Crippen LogP contribution in [0.15, 0.2) is 18.2 Å². The van der Waals surface area contributed by atoms with Crippen molar-refractivity contribution in [1.29, 1.82) is 5.26 Å². The van der Waals surface area contributed by atoms with Gasteiger partial charge in [0.25, 0.3) is 0 Å². The summed E-state index contributed by atoms with van der Waals surface area (Å²) in [6, 6.07) is 7.41. The zero-order chi connectivity index (χ0) is 15.2. The fraction of sp³-hybridized carbons (Fsp3) is 0.467. The lowest BCUT2D eigenvalue weighted by Crippen LogP contribution is -2.27. The van der Waals surface area contributed by atoms with Gasteiger partial charge >= 0.3 is 6.09 Å². The Bertz CT molecular complexity index is 513. The first-order chi connectivity index (χ1) is 9.35. The maximum atomic E-state index is 11.7. The van der Waals surface area contributed by atoms with Gasteiger partial charge in [-0.05, 0) is 38.8 Å². The van der Waals surface area contributed by atoms with Gasteiger partial charge in [0.1, 0.15) is 11.4 Å². The molecule has 0 aliphatic heterocycles. The lowest BCUT2D eigenvalue weighted by molar-refractivity contribution is 0.0636. The fourth-order valence-corrected chi connectivity index (χ4v) is 1.64. The standard InChI is InChI=1S/C15H20N2O3/c1-15(2,3)20-14(18)17-12-8-7-11(6-5-9-16)13(10-12)19-4/h7-8,10H,5-6H2,1-4H3,(H,17,18). The molecule has 0 fully saturated rings. The quantitative estimate of drug-likeness (QED) is 0.913. The number of anilines is 1. The van der Waals surface area contributed by atoms with Crippen molar-refractivity contribution in [2.24, 2.45) is 0 Å². The Morgan fingerprint density at radius 3 is 2.65 bits per heavy atom. The highest BCUT2D eigenvalue weighted by molar-refractivity contribution is 5.85. The van der Waals surface area contributed by atoms with E-state index in [1.807, 2.05) is 6.07 Å². The lowest BCUT2D eigenvalue weighted by Gasteiger charge is -2.20. The number of methoxy groups -OCH3 is 1. The van der Waals surface area contributed by atoms with Gasteiger partial charge < -0.3 is 9.47 Å². The van der Waals surface area contributed by atoms with Gasteiger partial charge in [0.15, 0.2) is 0 Å². The number of amides is 1. The van der Waals surface area contributed by atoms with Crippen LogP contribution in [-0.2, 0) is 11.2 Å². The number of nitrogens with one attached hydrogen (secondary N) is 1. The number of rotatable bonds is 4. The smallest absolute Gasteiger partial charge is 0.412 e. The molecule has 0 saturated carbocycles. The second kappa shape index (κ2) is 6.80. The zero-order valence-electron chi connectivity index (χ0n) is 12.3. The molecule has 1 aromatic rings. The molecule has 1 rings (SSSR count). The van der Waals surface area contributed by atoms with Crippen molar-refractivity contribution in [3.8, 4) is 11.8 Å². The van der Waals surface area contributed by atoms with E-state index >= 15 is 0 Å². The first-order valence-corrected chi connectivity index (χ1v) is 6.39. The highest BCUT2D eigenvalue weighted by Crippen LogP contribution is 2.24. The number of nitriles is 1.